The first-order chi connectivity index (χ1) is 10.6. The molecule has 1 aliphatic heterocycles. The second-order valence-corrected chi connectivity index (χ2v) is 6.49. The number of likely N-dealkylation sites (tertiary alicyclic amines) is 1. The predicted molar refractivity (Wildman–Crippen MR) is 85.5 cm³/mol. The van der Waals surface area contributed by atoms with Crippen molar-refractivity contribution in [2.24, 2.45) is 0 Å². The maximum Gasteiger partial charge on any atom is 0.335 e. The zero-order chi connectivity index (χ0) is 15.7. The Morgan fingerprint density at radius 1 is 1.32 bits per heavy atom. The van der Waals surface area contributed by atoms with E-state index in [-0.39, 0.29) is 17.5 Å². The number of carbonyl (C=O) groups excluding carboxylic acids is 1. The Bertz CT molecular complexity index is 709. The first-order valence-electron chi connectivity index (χ1n) is 7.26. The molecular weight excluding hydrogens is 298 g/mol. The van der Waals surface area contributed by atoms with Gasteiger partial charge in [-0.15, -0.1) is 11.3 Å². The van der Waals surface area contributed by atoms with Gasteiger partial charge in [0.2, 0.25) is 0 Å². The topological polar surface area (TPSA) is 57.6 Å². The van der Waals surface area contributed by atoms with Gasteiger partial charge in [-0.05, 0) is 48.9 Å². The van der Waals surface area contributed by atoms with E-state index in [0.29, 0.717) is 11.1 Å². The third kappa shape index (κ3) is 2.64. The van der Waals surface area contributed by atoms with E-state index in [1.165, 1.54) is 10.9 Å². The second-order valence-electron chi connectivity index (χ2n) is 5.51. The molecule has 0 bridgehead atoms. The first kappa shape index (κ1) is 14.8. The van der Waals surface area contributed by atoms with E-state index in [1.54, 1.807) is 30.4 Å². The van der Waals surface area contributed by atoms with Crippen molar-refractivity contribution < 1.29 is 14.7 Å². The van der Waals surface area contributed by atoms with Gasteiger partial charge in [-0.25, -0.2) is 4.79 Å². The van der Waals surface area contributed by atoms with E-state index < -0.39 is 5.97 Å². The Hall–Kier alpha value is -2.14. The van der Waals surface area contributed by atoms with Crippen LogP contribution in [-0.4, -0.2) is 28.4 Å². The van der Waals surface area contributed by atoms with Gasteiger partial charge in [0, 0.05) is 17.0 Å². The van der Waals surface area contributed by atoms with Crippen molar-refractivity contribution in [2.45, 2.75) is 25.8 Å². The van der Waals surface area contributed by atoms with Gasteiger partial charge in [0.1, 0.15) is 0 Å². The highest BCUT2D eigenvalue weighted by atomic mass is 32.1. The number of benzene rings is 1. The van der Waals surface area contributed by atoms with Gasteiger partial charge in [0.15, 0.2) is 0 Å². The van der Waals surface area contributed by atoms with E-state index in [2.05, 4.69) is 6.07 Å². The number of carboxylic acids is 1. The number of amides is 1. The molecule has 3 rings (SSSR count). The molecule has 1 fully saturated rings. The fraction of sp³-hybridized carbons (Fsp3) is 0.294. The molecule has 0 spiro atoms. The highest BCUT2D eigenvalue weighted by molar-refractivity contribution is 7.10. The van der Waals surface area contributed by atoms with Crippen LogP contribution >= 0.6 is 11.3 Å². The molecular formula is C17H17NO3S. The number of nitrogens with zero attached hydrogens (tertiary/aromatic N) is 1. The van der Waals surface area contributed by atoms with Crippen LogP contribution < -0.4 is 0 Å². The van der Waals surface area contributed by atoms with Gasteiger partial charge in [0.25, 0.3) is 5.91 Å². The van der Waals surface area contributed by atoms with Gasteiger partial charge < -0.3 is 10.0 Å². The Labute approximate surface area is 133 Å². The molecule has 1 N–H and O–H groups in total. The zero-order valence-electron chi connectivity index (χ0n) is 12.3. The summed E-state index contributed by atoms with van der Waals surface area (Å²) in [7, 11) is 0. The third-order valence-electron chi connectivity index (χ3n) is 4.10. The summed E-state index contributed by atoms with van der Waals surface area (Å²) in [6, 6.07) is 9.07. The summed E-state index contributed by atoms with van der Waals surface area (Å²) in [6.07, 6.45) is 1.94. The van der Waals surface area contributed by atoms with Crippen LogP contribution in [0.5, 0.6) is 0 Å². The molecule has 114 valence electrons. The van der Waals surface area contributed by atoms with Crippen LogP contribution in [0.1, 0.15) is 50.0 Å². The monoisotopic (exact) mass is 315 g/mol. The molecule has 5 heteroatoms. The minimum Gasteiger partial charge on any atom is -0.478 e. The molecule has 1 atom stereocenters. The predicted octanol–water partition coefficient (Wildman–Crippen LogP) is 3.73. The molecule has 0 saturated carbocycles. The molecule has 4 nitrogen and oxygen atoms in total. The number of aromatic carboxylic acids is 1. The summed E-state index contributed by atoms with van der Waals surface area (Å²) < 4.78 is 0. The molecule has 2 aromatic rings. The van der Waals surface area contributed by atoms with Crippen molar-refractivity contribution in [3.05, 3.63) is 57.3 Å². The van der Waals surface area contributed by atoms with Crippen LogP contribution in [0.15, 0.2) is 35.7 Å². The lowest BCUT2D eigenvalue weighted by Gasteiger charge is -2.24. The van der Waals surface area contributed by atoms with Crippen LogP contribution in [0.25, 0.3) is 0 Å². The van der Waals surface area contributed by atoms with Gasteiger partial charge in [0.05, 0.1) is 11.6 Å². The van der Waals surface area contributed by atoms with E-state index in [4.69, 9.17) is 0 Å². The molecule has 22 heavy (non-hydrogen) atoms. The van der Waals surface area contributed by atoms with E-state index >= 15 is 0 Å². The van der Waals surface area contributed by atoms with Crippen molar-refractivity contribution in [3.8, 4) is 0 Å². The Morgan fingerprint density at radius 3 is 2.82 bits per heavy atom. The zero-order valence-corrected chi connectivity index (χ0v) is 13.1. The standard InChI is InChI=1S/C17H17NO3S/c1-11-6-7-12(10-13(11)17(20)21)16(19)18-8-2-4-14(18)15-5-3-9-22-15/h3,5-7,9-10,14H,2,4,8H2,1H3,(H,20,21). The van der Waals surface area contributed by atoms with Crippen LogP contribution in [-0.2, 0) is 0 Å². The number of carboxylic acid groups (broad SMARTS) is 1. The number of hydrogen-bond donors (Lipinski definition) is 1. The first-order valence-corrected chi connectivity index (χ1v) is 8.14. The number of hydrogen-bond acceptors (Lipinski definition) is 3. The minimum absolute atomic E-state index is 0.0848. The number of carbonyl (C=O) groups is 2. The number of thiophene rings is 1. The molecule has 1 unspecified atom stereocenters. The summed E-state index contributed by atoms with van der Waals surface area (Å²) in [5, 5.41) is 11.2. The van der Waals surface area contributed by atoms with Crippen LogP contribution in [0.4, 0.5) is 0 Å². The van der Waals surface area contributed by atoms with Gasteiger partial charge in [-0.1, -0.05) is 12.1 Å². The third-order valence-corrected chi connectivity index (χ3v) is 5.07. The largest absolute Gasteiger partial charge is 0.478 e. The average Bonchev–Trinajstić information content (AvgIpc) is 3.17. The Morgan fingerprint density at radius 2 is 2.14 bits per heavy atom. The highest BCUT2D eigenvalue weighted by Gasteiger charge is 2.31. The van der Waals surface area contributed by atoms with Crippen molar-refractivity contribution in [3.63, 3.8) is 0 Å². The van der Waals surface area contributed by atoms with Crippen molar-refractivity contribution in [2.75, 3.05) is 6.54 Å². The molecule has 1 amide bonds. The summed E-state index contributed by atoms with van der Waals surface area (Å²) in [4.78, 5) is 27.1. The summed E-state index contributed by atoms with van der Waals surface area (Å²) >= 11 is 1.66. The number of aryl methyl sites for hydroxylation is 1. The van der Waals surface area contributed by atoms with Crippen molar-refractivity contribution >= 4 is 23.2 Å². The van der Waals surface area contributed by atoms with E-state index in [0.717, 1.165) is 19.4 Å². The Kier molecular flexibility index (Phi) is 3.98. The summed E-state index contributed by atoms with van der Waals surface area (Å²) in [5.74, 6) is -1.08. The Balaban J connectivity index is 1.90. The summed E-state index contributed by atoms with van der Waals surface area (Å²) in [5.41, 5.74) is 1.31. The van der Waals surface area contributed by atoms with Crippen LogP contribution in [0.2, 0.25) is 0 Å². The van der Waals surface area contributed by atoms with Crippen LogP contribution in [0, 0.1) is 6.92 Å². The molecule has 1 saturated heterocycles. The fourth-order valence-corrected chi connectivity index (χ4v) is 3.81. The van der Waals surface area contributed by atoms with Gasteiger partial charge in [-0.3, -0.25) is 4.79 Å². The molecule has 1 aromatic carbocycles. The highest BCUT2D eigenvalue weighted by Crippen LogP contribution is 2.35. The van der Waals surface area contributed by atoms with Gasteiger partial charge >= 0.3 is 5.97 Å². The fourth-order valence-electron chi connectivity index (χ4n) is 2.94. The van der Waals surface area contributed by atoms with E-state index in [1.807, 2.05) is 16.3 Å². The van der Waals surface area contributed by atoms with Crippen LogP contribution in [0.3, 0.4) is 0 Å². The molecule has 1 aliphatic rings. The minimum atomic E-state index is -0.997. The average molecular weight is 315 g/mol. The SMILES string of the molecule is Cc1ccc(C(=O)N2CCCC2c2cccs2)cc1C(=O)O. The maximum absolute atomic E-state index is 12.8. The lowest BCUT2D eigenvalue weighted by molar-refractivity contribution is 0.0696. The quantitative estimate of drug-likeness (QED) is 0.939. The van der Waals surface area contributed by atoms with Gasteiger partial charge in [-0.2, -0.15) is 0 Å². The summed E-state index contributed by atoms with van der Waals surface area (Å²) in [6.45, 7) is 2.46. The normalized spacial score (nSPS) is 17.7. The smallest absolute Gasteiger partial charge is 0.335 e. The lowest BCUT2D eigenvalue weighted by atomic mass is 10.0. The molecule has 0 aliphatic carbocycles. The second kappa shape index (κ2) is 5.93. The van der Waals surface area contributed by atoms with Crippen molar-refractivity contribution in [1.82, 2.24) is 4.90 Å². The molecule has 0 radical (unpaired) electrons. The lowest BCUT2D eigenvalue weighted by Crippen LogP contribution is -2.30. The molecule has 1 aromatic heterocycles. The van der Waals surface area contributed by atoms with E-state index in [9.17, 15) is 14.7 Å². The maximum atomic E-state index is 12.8. The van der Waals surface area contributed by atoms with Crippen molar-refractivity contribution in [1.29, 1.82) is 0 Å². The molecule has 2 heterocycles. The number of rotatable bonds is 3.